The largest absolute Gasteiger partial charge is 0.271 e. The quantitative estimate of drug-likeness (QED) is 0.440. The molecule has 0 radical (unpaired) electrons. The van der Waals surface area contributed by atoms with Crippen molar-refractivity contribution < 1.29 is 0 Å². The van der Waals surface area contributed by atoms with Gasteiger partial charge in [-0.25, -0.2) is 4.68 Å². The summed E-state index contributed by atoms with van der Waals surface area (Å²) in [5, 5.41) is 4.62. The van der Waals surface area contributed by atoms with Crippen LogP contribution in [-0.2, 0) is 0 Å². The van der Waals surface area contributed by atoms with E-state index >= 15 is 0 Å². The molecule has 3 N–H and O–H groups in total. The Bertz CT molecular complexity index is 492. The molecule has 1 atom stereocenters. The van der Waals surface area contributed by atoms with E-state index in [1.165, 1.54) is 25.7 Å². The van der Waals surface area contributed by atoms with Crippen LogP contribution in [0.25, 0.3) is 5.69 Å². The van der Waals surface area contributed by atoms with Crippen LogP contribution in [0.4, 0.5) is 0 Å². The van der Waals surface area contributed by atoms with Crippen LogP contribution in [0.15, 0.2) is 42.6 Å². The highest BCUT2D eigenvalue weighted by atomic mass is 15.3. The Balaban J connectivity index is 1.99. The monoisotopic (exact) mass is 272 g/mol. The molecule has 1 aromatic carbocycles. The number of nitrogens with one attached hydrogen (secondary N) is 1. The Morgan fingerprint density at radius 1 is 1.15 bits per heavy atom. The first kappa shape index (κ1) is 14.8. The van der Waals surface area contributed by atoms with Gasteiger partial charge in [-0.3, -0.25) is 11.3 Å². The molecule has 0 spiro atoms. The van der Waals surface area contributed by atoms with Gasteiger partial charge in [0.15, 0.2) is 0 Å². The van der Waals surface area contributed by atoms with Gasteiger partial charge in [-0.05, 0) is 24.6 Å². The summed E-state index contributed by atoms with van der Waals surface area (Å²) in [5.74, 6) is 5.67. The van der Waals surface area contributed by atoms with E-state index in [9.17, 15) is 0 Å². The Morgan fingerprint density at radius 3 is 2.65 bits per heavy atom. The smallest absolute Gasteiger partial charge is 0.0811 e. The highest BCUT2D eigenvalue weighted by molar-refractivity contribution is 5.30. The average Bonchev–Trinajstić information content (AvgIpc) is 2.98. The van der Waals surface area contributed by atoms with E-state index in [0.717, 1.165) is 17.8 Å². The van der Waals surface area contributed by atoms with Gasteiger partial charge in [0.2, 0.25) is 0 Å². The summed E-state index contributed by atoms with van der Waals surface area (Å²) in [6.07, 6.45) is 8.00. The molecule has 20 heavy (non-hydrogen) atoms. The minimum absolute atomic E-state index is 0.136. The van der Waals surface area contributed by atoms with Gasteiger partial charge in [0, 0.05) is 6.20 Å². The third kappa shape index (κ3) is 3.92. The summed E-state index contributed by atoms with van der Waals surface area (Å²) < 4.78 is 1.89. The van der Waals surface area contributed by atoms with Crippen LogP contribution in [0.2, 0.25) is 0 Å². The highest BCUT2D eigenvalue weighted by Crippen LogP contribution is 2.19. The lowest BCUT2D eigenvalue weighted by molar-refractivity contribution is 0.470. The highest BCUT2D eigenvalue weighted by Gasteiger charge is 2.12. The van der Waals surface area contributed by atoms with Crippen molar-refractivity contribution in [2.75, 3.05) is 0 Å². The fourth-order valence-corrected chi connectivity index (χ4v) is 2.34. The van der Waals surface area contributed by atoms with E-state index in [-0.39, 0.29) is 6.04 Å². The molecular formula is C16H24N4. The average molecular weight is 272 g/mol. The third-order valence-electron chi connectivity index (χ3n) is 3.53. The maximum atomic E-state index is 5.67. The summed E-state index contributed by atoms with van der Waals surface area (Å²) >= 11 is 0. The normalized spacial score (nSPS) is 12.5. The molecule has 0 aliphatic carbocycles. The number of hydrogen-bond acceptors (Lipinski definition) is 3. The fraction of sp³-hybridized carbons (Fsp3) is 0.438. The number of hydrogen-bond donors (Lipinski definition) is 2. The molecule has 0 bridgehead atoms. The third-order valence-corrected chi connectivity index (χ3v) is 3.53. The van der Waals surface area contributed by atoms with Crippen molar-refractivity contribution >= 4 is 0 Å². The fourth-order valence-electron chi connectivity index (χ4n) is 2.34. The van der Waals surface area contributed by atoms with Gasteiger partial charge >= 0.3 is 0 Å². The lowest BCUT2D eigenvalue weighted by atomic mass is 10.1. The van der Waals surface area contributed by atoms with E-state index < -0.39 is 0 Å². The number of nitrogens with two attached hydrogens (primary N) is 1. The van der Waals surface area contributed by atoms with Gasteiger partial charge < -0.3 is 0 Å². The second-order valence-electron chi connectivity index (χ2n) is 5.09. The molecule has 0 saturated heterocycles. The summed E-state index contributed by atoms with van der Waals surface area (Å²) in [6, 6.07) is 12.3. The van der Waals surface area contributed by atoms with E-state index in [4.69, 9.17) is 5.84 Å². The first-order valence-corrected chi connectivity index (χ1v) is 7.42. The summed E-state index contributed by atoms with van der Waals surface area (Å²) in [5.41, 5.74) is 4.96. The van der Waals surface area contributed by atoms with Crippen molar-refractivity contribution in [3.63, 3.8) is 0 Å². The number of unbranched alkanes of at least 4 members (excludes halogenated alkanes) is 3. The van der Waals surface area contributed by atoms with Crippen molar-refractivity contribution in [1.82, 2.24) is 15.2 Å². The first-order valence-electron chi connectivity index (χ1n) is 7.42. The number of nitrogens with zero attached hydrogens (tertiary/aromatic N) is 2. The van der Waals surface area contributed by atoms with E-state index in [1.807, 2.05) is 47.3 Å². The predicted molar refractivity (Wildman–Crippen MR) is 82.4 cm³/mol. The topological polar surface area (TPSA) is 55.9 Å². The molecule has 0 aliphatic heterocycles. The SMILES string of the molecule is CCCCCCC(NN)c1ccn(-c2ccccc2)n1. The van der Waals surface area contributed by atoms with Crippen molar-refractivity contribution in [2.24, 2.45) is 5.84 Å². The van der Waals surface area contributed by atoms with Gasteiger partial charge in [-0.2, -0.15) is 5.10 Å². The number of aromatic nitrogens is 2. The summed E-state index contributed by atoms with van der Waals surface area (Å²) in [4.78, 5) is 0. The van der Waals surface area contributed by atoms with Crippen molar-refractivity contribution in [3.8, 4) is 5.69 Å². The first-order chi connectivity index (χ1) is 9.85. The van der Waals surface area contributed by atoms with Crippen LogP contribution >= 0.6 is 0 Å². The summed E-state index contributed by atoms with van der Waals surface area (Å²) in [7, 11) is 0. The van der Waals surface area contributed by atoms with Crippen molar-refractivity contribution in [1.29, 1.82) is 0 Å². The second-order valence-corrected chi connectivity index (χ2v) is 5.09. The Morgan fingerprint density at radius 2 is 1.95 bits per heavy atom. The van der Waals surface area contributed by atoms with Gasteiger partial charge in [-0.15, -0.1) is 0 Å². The number of benzene rings is 1. The number of rotatable bonds is 8. The van der Waals surface area contributed by atoms with Crippen LogP contribution in [0, 0.1) is 0 Å². The molecule has 1 heterocycles. The van der Waals surface area contributed by atoms with Crippen LogP contribution < -0.4 is 11.3 Å². The molecule has 1 unspecified atom stereocenters. The van der Waals surface area contributed by atoms with Crippen LogP contribution in [0.3, 0.4) is 0 Å². The van der Waals surface area contributed by atoms with Gasteiger partial charge in [-0.1, -0.05) is 50.8 Å². The Hall–Kier alpha value is -1.65. The Labute approximate surface area is 121 Å². The molecule has 2 rings (SSSR count). The lowest BCUT2D eigenvalue weighted by Gasteiger charge is -2.13. The maximum absolute atomic E-state index is 5.67. The van der Waals surface area contributed by atoms with Gasteiger partial charge in [0.25, 0.3) is 0 Å². The van der Waals surface area contributed by atoms with Gasteiger partial charge in [0.1, 0.15) is 0 Å². The molecule has 2 aromatic rings. The van der Waals surface area contributed by atoms with Crippen molar-refractivity contribution in [3.05, 3.63) is 48.3 Å². The van der Waals surface area contributed by atoms with Crippen molar-refractivity contribution in [2.45, 2.75) is 45.1 Å². The maximum Gasteiger partial charge on any atom is 0.0811 e. The van der Waals surface area contributed by atoms with Crippen LogP contribution in [-0.4, -0.2) is 9.78 Å². The molecule has 4 heteroatoms. The van der Waals surface area contributed by atoms with Crippen LogP contribution in [0.5, 0.6) is 0 Å². The molecule has 0 aliphatic rings. The predicted octanol–water partition coefficient (Wildman–Crippen LogP) is 3.35. The lowest BCUT2D eigenvalue weighted by Crippen LogP contribution is -2.28. The van der Waals surface area contributed by atoms with E-state index in [1.54, 1.807) is 0 Å². The number of para-hydroxylation sites is 1. The molecule has 0 fully saturated rings. The second kappa shape index (κ2) is 7.82. The van der Waals surface area contributed by atoms with Crippen LogP contribution in [0.1, 0.15) is 50.8 Å². The van der Waals surface area contributed by atoms with E-state index in [0.29, 0.717) is 0 Å². The Kier molecular flexibility index (Phi) is 5.77. The summed E-state index contributed by atoms with van der Waals surface area (Å²) in [6.45, 7) is 2.22. The molecule has 108 valence electrons. The molecule has 4 nitrogen and oxygen atoms in total. The zero-order chi connectivity index (χ0) is 14.2. The minimum Gasteiger partial charge on any atom is -0.271 e. The van der Waals surface area contributed by atoms with E-state index in [2.05, 4.69) is 17.4 Å². The minimum atomic E-state index is 0.136. The van der Waals surface area contributed by atoms with Gasteiger partial charge in [0.05, 0.1) is 17.4 Å². The molecule has 0 saturated carbocycles. The zero-order valence-corrected chi connectivity index (χ0v) is 12.1. The number of hydrazine groups is 1. The molecular weight excluding hydrogens is 248 g/mol. The zero-order valence-electron chi connectivity index (χ0n) is 12.1. The standard InChI is InChI=1S/C16H24N4/c1-2-3-4-8-11-15(18-17)16-12-13-20(19-16)14-9-6-5-7-10-14/h5-7,9-10,12-13,15,18H,2-4,8,11,17H2,1H3. The molecule has 1 aromatic heterocycles. The molecule has 0 amide bonds.